The first-order valence-electron chi connectivity index (χ1n) is 7.83. The number of fused-ring (bicyclic) bond motifs is 2. The number of imidazole rings is 1. The monoisotopic (exact) mass is 347 g/mol. The van der Waals surface area contributed by atoms with Crippen LogP contribution in [0.5, 0.6) is 0 Å². The van der Waals surface area contributed by atoms with Crippen molar-refractivity contribution < 1.29 is 9.52 Å². The van der Waals surface area contributed by atoms with Gasteiger partial charge in [0.25, 0.3) is 0 Å². The summed E-state index contributed by atoms with van der Waals surface area (Å²) in [6, 6.07) is 13.9. The maximum atomic E-state index is 9.18. The molecule has 0 amide bonds. The summed E-state index contributed by atoms with van der Waals surface area (Å²) in [6.45, 7) is -0.0335. The van der Waals surface area contributed by atoms with Gasteiger partial charge in [0.05, 0.1) is 12.3 Å². The molecule has 5 rings (SSSR count). The van der Waals surface area contributed by atoms with E-state index in [0.29, 0.717) is 5.01 Å². The molecule has 0 radical (unpaired) electrons. The third-order valence-electron chi connectivity index (χ3n) is 4.11. The highest BCUT2D eigenvalue weighted by Crippen LogP contribution is 2.28. The Kier molecular flexibility index (Phi) is 3.19. The van der Waals surface area contributed by atoms with Gasteiger partial charge in [0.15, 0.2) is 5.76 Å². The van der Waals surface area contributed by atoms with Crippen LogP contribution in [-0.2, 0) is 6.61 Å². The second-order valence-electron chi connectivity index (χ2n) is 5.74. The quantitative estimate of drug-likeness (QED) is 0.526. The third kappa shape index (κ3) is 2.43. The van der Waals surface area contributed by atoms with Crippen LogP contribution < -0.4 is 0 Å². The van der Waals surface area contributed by atoms with Crippen molar-refractivity contribution in [2.75, 3.05) is 0 Å². The molecule has 0 saturated heterocycles. The molecule has 6 heteroatoms. The number of hydrogen-bond donors (Lipinski definition) is 1. The van der Waals surface area contributed by atoms with Gasteiger partial charge in [-0.2, -0.15) is 0 Å². The molecule has 25 heavy (non-hydrogen) atoms. The zero-order valence-corrected chi connectivity index (χ0v) is 13.9. The molecule has 4 aromatic heterocycles. The minimum atomic E-state index is -0.0335. The zero-order chi connectivity index (χ0) is 16.8. The molecule has 0 fully saturated rings. The van der Waals surface area contributed by atoms with E-state index < -0.39 is 0 Å². The van der Waals surface area contributed by atoms with E-state index in [0.717, 1.165) is 39.3 Å². The van der Waals surface area contributed by atoms with Gasteiger partial charge in [0.2, 0.25) is 0 Å². The predicted molar refractivity (Wildman–Crippen MR) is 97.4 cm³/mol. The summed E-state index contributed by atoms with van der Waals surface area (Å²) in [5.41, 5.74) is 4.33. The number of hydrogen-bond acceptors (Lipinski definition) is 5. The standard InChI is InChI=1S/C19H13N3O2S/c23-10-19-21-15(11-25-19)13-5-6-18-20-14(9-22(18)8-13)17-7-12-3-1-2-4-16(12)24-17/h1-9,11,23H,10H2. The summed E-state index contributed by atoms with van der Waals surface area (Å²) < 4.78 is 7.87. The molecular weight excluding hydrogens is 334 g/mol. The zero-order valence-electron chi connectivity index (χ0n) is 13.1. The van der Waals surface area contributed by atoms with Crippen molar-refractivity contribution in [1.82, 2.24) is 14.4 Å². The average molecular weight is 347 g/mol. The summed E-state index contributed by atoms with van der Waals surface area (Å²) in [5, 5.41) is 12.9. The van der Waals surface area contributed by atoms with Gasteiger partial charge in [-0.15, -0.1) is 11.3 Å². The van der Waals surface area contributed by atoms with E-state index in [9.17, 15) is 5.11 Å². The largest absolute Gasteiger partial charge is 0.454 e. The molecule has 0 bridgehead atoms. The molecule has 0 unspecified atom stereocenters. The molecule has 4 heterocycles. The van der Waals surface area contributed by atoms with Crippen LogP contribution in [0.1, 0.15) is 5.01 Å². The van der Waals surface area contributed by atoms with Gasteiger partial charge in [-0.05, 0) is 24.3 Å². The van der Waals surface area contributed by atoms with E-state index in [4.69, 9.17) is 4.42 Å². The van der Waals surface area contributed by atoms with Crippen molar-refractivity contribution in [2.24, 2.45) is 0 Å². The Morgan fingerprint density at radius 2 is 1.96 bits per heavy atom. The topological polar surface area (TPSA) is 63.6 Å². The lowest BCUT2D eigenvalue weighted by Gasteiger charge is -1.98. The number of nitrogens with zero attached hydrogens (tertiary/aromatic N) is 3. The maximum absolute atomic E-state index is 9.18. The van der Waals surface area contributed by atoms with E-state index in [-0.39, 0.29) is 6.61 Å². The summed E-state index contributed by atoms with van der Waals surface area (Å²) >= 11 is 1.45. The lowest BCUT2D eigenvalue weighted by atomic mass is 10.2. The van der Waals surface area contributed by atoms with Crippen molar-refractivity contribution in [3.63, 3.8) is 0 Å². The highest BCUT2D eigenvalue weighted by Gasteiger charge is 2.11. The van der Waals surface area contributed by atoms with Crippen LogP contribution in [0, 0.1) is 0 Å². The van der Waals surface area contributed by atoms with Crippen LogP contribution in [-0.4, -0.2) is 19.5 Å². The van der Waals surface area contributed by atoms with E-state index in [1.807, 2.05) is 64.6 Å². The lowest BCUT2D eigenvalue weighted by molar-refractivity contribution is 0.281. The van der Waals surface area contributed by atoms with Crippen LogP contribution in [0.3, 0.4) is 0 Å². The Bertz CT molecular complexity index is 1170. The maximum Gasteiger partial charge on any atom is 0.155 e. The van der Waals surface area contributed by atoms with E-state index in [1.54, 1.807) is 0 Å². The average Bonchev–Trinajstić information content (AvgIpc) is 3.36. The first-order valence-corrected chi connectivity index (χ1v) is 8.71. The molecule has 5 nitrogen and oxygen atoms in total. The second-order valence-corrected chi connectivity index (χ2v) is 6.69. The molecule has 5 aromatic rings. The Balaban J connectivity index is 1.59. The third-order valence-corrected chi connectivity index (χ3v) is 4.95. The Labute approximate surface area is 146 Å². The molecule has 0 atom stereocenters. The van der Waals surface area contributed by atoms with Crippen molar-refractivity contribution in [1.29, 1.82) is 0 Å². The fraction of sp³-hybridized carbons (Fsp3) is 0.0526. The smallest absolute Gasteiger partial charge is 0.155 e. The molecule has 0 aliphatic carbocycles. The van der Waals surface area contributed by atoms with Gasteiger partial charge in [0, 0.05) is 28.7 Å². The van der Waals surface area contributed by atoms with Crippen molar-refractivity contribution in [3.05, 3.63) is 65.2 Å². The summed E-state index contributed by atoms with van der Waals surface area (Å²) in [5.74, 6) is 0.752. The minimum absolute atomic E-state index is 0.0335. The minimum Gasteiger partial charge on any atom is -0.454 e. The number of furan rings is 1. The van der Waals surface area contributed by atoms with Crippen molar-refractivity contribution in [2.45, 2.75) is 6.61 Å². The summed E-state index contributed by atoms with van der Waals surface area (Å²) in [6.07, 6.45) is 3.95. The fourth-order valence-corrected chi connectivity index (χ4v) is 3.55. The van der Waals surface area contributed by atoms with Gasteiger partial charge in [-0.3, -0.25) is 0 Å². The van der Waals surface area contributed by atoms with Gasteiger partial charge >= 0.3 is 0 Å². The number of aliphatic hydroxyl groups excluding tert-OH is 1. The fourth-order valence-electron chi connectivity index (χ4n) is 2.89. The van der Waals surface area contributed by atoms with Crippen LogP contribution in [0.2, 0.25) is 0 Å². The number of para-hydroxylation sites is 1. The van der Waals surface area contributed by atoms with Gasteiger partial charge in [-0.1, -0.05) is 18.2 Å². The number of aromatic nitrogens is 3. The SMILES string of the molecule is OCc1nc(-c2ccc3nc(-c4cc5ccccc5o4)cn3c2)cs1. The first-order chi connectivity index (χ1) is 12.3. The summed E-state index contributed by atoms with van der Waals surface area (Å²) in [7, 11) is 0. The van der Waals surface area contributed by atoms with Gasteiger partial charge < -0.3 is 13.9 Å². The lowest BCUT2D eigenvalue weighted by Crippen LogP contribution is -1.86. The highest BCUT2D eigenvalue weighted by atomic mass is 32.1. The van der Waals surface area contributed by atoms with Crippen molar-refractivity contribution >= 4 is 28.0 Å². The molecular formula is C19H13N3O2S. The Morgan fingerprint density at radius 1 is 1.04 bits per heavy atom. The van der Waals surface area contributed by atoms with Crippen molar-refractivity contribution in [3.8, 4) is 22.7 Å². The Hall–Kier alpha value is -2.96. The van der Waals surface area contributed by atoms with Crippen LogP contribution in [0.4, 0.5) is 0 Å². The van der Waals surface area contributed by atoms with Crippen LogP contribution in [0.15, 0.2) is 64.7 Å². The number of benzene rings is 1. The Morgan fingerprint density at radius 3 is 2.80 bits per heavy atom. The number of pyridine rings is 1. The number of aliphatic hydroxyl groups is 1. The number of rotatable bonds is 3. The molecule has 0 aliphatic heterocycles. The predicted octanol–water partition coefficient (Wildman–Crippen LogP) is 4.36. The molecule has 0 aliphatic rings. The molecule has 1 N–H and O–H groups in total. The first kappa shape index (κ1) is 14.4. The van der Waals surface area contributed by atoms with Gasteiger partial charge in [0.1, 0.15) is 21.9 Å². The normalized spacial score (nSPS) is 11.6. The van der Waals surface area contributed by atoms with Crippen LogP contribution in [0.25, 0.3) is 39.3 Å². The van der Waals surface area contributed by atoms with E-state index in [1.165, 1.54) is 11.3 Å². The number of thiazole rings is 1. The van der Waals surface area contributed by atoms with E-state index in [2.05, 4.69) is 9.97 Å². The molecule has 1 aromatic carbocycles. The van der Waals surface area contributed by atoms with Crippen LogP contribution >= 0.6 is 11.3 Å². The molecule has 122 valence electrons. The van der Waals surface area contributed by atoms with E-state index >= 15 is 0 Å². The van der Waals surface area contributed by atoms with Gasteiger partial charge in [-0.25, -0.2) is 9.97 Å². The second kappa shape index (κ2) is 5.54. The molecule has 0 saturated carbocycles. The highest BCUT2D eigenvalue weighted by molar-refractivity contribution is 7.09. The summed E-state index contributed by atoms with van der Waals surface area (Å²) in [4.78, 5) is 9.06. The molecule has 0 spiro atoms.